The van der Waals surface area contributed by atoms with Gasteiger partial charge in [-0.15, -0.1) is 0 Å². The molecule has 0 atom stereocenters. The van der Waals surface area contributed by atoms with Crippen LogP contribution in [0, 0.1) is 17.0 Å². The predicted molar refractivity (Wildman–Crippen MR) is 64.6 cm³/mol. The zero-order valence-corrected chi connectivity index (χ0v) is 10.7. The number of ether oxygens (including phenoxy) is 2. The molecule has 0 N–H and O–H groups in total. The number of carbonyl (C=O) groups is 1. The fraction of sp³-hybridized carbons (Fsp3) is 0.417. The number of hydrogen-bond donors (Lipinski definition) is 0. The van der Waals surface area contributed by atoms with E-state index in [1.165, 1.54) is 27.0 Å². The number of carbonyl (C=O) groups excluding carboxylic acids is 1. The maximum Gasteiger partial charge on any atom is 0.349 e. The topological polar surface area (TPSA) is 78.7 Å². The number of hydrogen-bond acceptors (Lipinski definition) is 5. The largest absolute Gasteiger partial charge is 0.469 e. The zero-order valence-electron chi connectivity index (χ0n) is 10.7. The first kappa shape index (κ1) is 14.0. The third-order valence-corrected chi connectivity index (χ3v) is 2.43. The average Bonchev–Trinajstić information content (AvgIpc) is 2.26. The maximum absolute atomic E-state index is 11.5. The van der Waals surface area contributed by atoms with Gasteiger partial charge in [0.2, 0.25) is 5.60 Å². The summed E-state index contributed by atoms with van der Waals surface area (Å²) in [5, 5.41) is 11.0. The Labute approximate surface area is 105 Å². The van der Waals surface area contributed by atoms with Crippen LogP contribution in [0.1, 0.15) is 19.4 Å². The highest BCUT2D eigenvalue weighted by atomic mass is 16.6. The van der Waals surface area contributed by atoms with E-state index in [1.54, 1.807) is 19.1 Å². The normalized spacial score (nSPS) is 10.9. The van der Waals surface area contributed by atoms with Gasteiger partial charge < -0.3 is 9.47 Å². The van der Waals surface area contributed by atoms with E-state index in [0.29, 0.717) is 5.56 Å². The Bertz CT molecular complexity index is 481. The van der Waals surface area contributed by atoms with E-state index >= 15 is 0 Å². The van der Waals surface area contributed by atoms with E-state index in [-0.39, 0.29) is 11.4 Å². The first-order valence-corrected chi connectivity index (χ1v) is 5.31. The van der Waals surface area contributed by atoms with Gasteiger partial charge in [-0.05, 0) is 26.8 Å². The van der Waals surface area contributed by atoms with Crippen molar-refractivity contribution in [3.63, 3.8) is 0 Å². The van der Waals surface area contributed by atoms with Crippen LogP contribution in [0.5, 0.6) is 5.75 Å². The summed E-state index contributed by atoms with van der Waals surface area (Å²) in [5.74, 6) is -0.547. The van der Waals surface area contributed by atoms with Gasteiger partial charge in [-0.2, -0.15) is 0 Å². The molecule has 0 spiro atoms. The highest BCUT2D eigenvalue weighted by Crippen LogP contribution is 2.33. The molecule has 0 fully saturated rings. The summed E-state index contributed by atoms with van der Waals surface area (Å²) in [6.07, 6.45) is 0. The Kier molecular flexibility index (Phi) is 3.90. The second-order valence-corrected chi connectivity index (χ2v) is 4.28. The molecule has 0 aliphatic carbocycles. The van der Waals surface area contributed by atoms with Crippen LogP contribution in [0.4, 0.5) is 5.69 Å². The predicted octanol–water partition coefficient (Wildman–Crippen LogP) is 2.23. The highest BCUT2D eigenvalue weighted by molar-refractivity contribution is 5.79. The molecule has 0 bridgehead atoms. The summed E-state index contributed by atoms with van der Waals surface area (Å²) in [7, 11) is 1.23. The van der Waals surface area contributed by atoms with Gasteiger partial charge in [-0.25, -0.2) is 4.79 Å². The SMILES string of the molecule is COC(=O)C(C)(C)Oc1cccc(C)c1[N+](=O)[O-]. The number of nitro groups is 1. The summed E-state index contributed by atoms with van der Waals surface area (Å²) in [5.41, 5.74) is -0.958. The quantitative estimate of drug-likeness (QED) is 0.467. The summed E-state index contributed by atoms with van der Waals surface area (Å²) in [6.45, 7) is 4.59. The smallest absolute Gasteiger partial charge is 0.349 e. The third kappa shape index (κ3) is 2.77. The van der Waals surface area contributed by atoms with Gasteiger partial charge in [-0.1, -0.05) is 12.1 Å². The van der Waals surface area contributed by atoms with Gasteiger partial charge in [0.05, 0.1) is 12.0 Å². The van der Waals surface area contributed by atoms with E-state index in [0.717, 1.165) is 0 Å². The van der Waals surface area contributed by atoms with Crippen molar-refractivity contribution in [3.8, 4) is 5.75 Å². The van der Waals surface area contributed by atoms with Crippen molar-refractivity contribution >= 4 is 11.7 Å². The summed E-state index contributed by atoms with van der Waals surface area (Å²) < 4.78 is 10.00. The molecule has 0 aliphatic rings. The first-order chi connectivity index (χ1) is 8.29. The Morgan fingerprint density at radius 3 is 2.50 bits per heavy atom. The number of para-hydroxylation sites is 1. The molecule has 0 amide bonds. The van der Waals surface area contributed by atoms with Gasteiger partial charge in [0.15, 0.2) is 5.75 Å². The van der Waals surface area contributed by atoms with Crippen molar-refractivity contribution < 1.29 is 19.2 Å². The molecule has 6 heteroatoms. The minimum absolute atomic E-state index is 0.0513. The second kappa shape index (κ2) is 5.03. The molecule has 1 aromatic rings. The number of benzene rings is 1. The number of rotatable bonds is 4. The van der Waals surface area contributed by atoms with Gasteiger partial charge >= 0.3 is 11.7 Å². The van der Waals surface area contributed by atoms with Crippen LogP contribution in [0.3, 0.4) is 0 Å². The Morgan fingerprint density at radius 1 is 1.39 bits per heavy atom. The summed E-state index contributed by atoms with van der Waals surface area (Å²) in [4.78, 5) is 21.9. The zero-order chi connectivity index (χ0) is 13.9. The van der Waals surface area contributed by atoms with E-state index in [9.17, 15) is 14.9 Å². The van der Waals surface area contributed by atoms with Crippen LogP contribution in [0.25, 0.3) is 0 Å². The minimum Gasteiger partial charge on any atom is -0.469 e. The monoisotopic (exact) mass is 253 g/mol. The molecule has 0 aliphatic heterocycles. The molecule has 6 nitrogen and oxygen atoms in total. The van der Waals surface area contributed by atoms with Crippen LogP contribution in [-0.2, 0) is 9.53 Å². The van der Waals surface area contributed by atoms with Crippen LogP contribution < -0.4 is 4.74 Å². The highest BCUT2D eigenvalue weighted by Gasteiger charge is 2.33. The number of nitro benzene ring substituents is 1. The third-order valence-electron chi connectivity index (χ3n) is 2.43. The van der Waals surface area contributed by atoms with Crippen LogP contribution in [0.2, 0.25) is 0 Å². The van der Waals surface area contributed by atoms with Crippen molar-refractivity contribution in [2.75, 3.05) is 7.11 Å². The molecule has 1 aromatic carbocycles. The number of nitrogens with zero attached hydrogens (tertiary/aromatic N) is 1. The Balaban J connectivity index is 3.16. The van der Waals surface area contributed by atoms with Crippen LogP contribution in [0.15, 0.2) is 18.2 Å². The molecule has 0 heterocycles. The van der Waals surface area contributed by atoms with Crippen molar-refractivity contribution in [1.29, 1.82) is 0 Å². The van der Waals surface area contributed by atoms with Gasteiger partial charge in [0, 0.05) is 5.56 Å². The molecular formula is C12H15NO5. The van der Waals surface area contributed by atoms with Gasteiger partial charge in [0.1, 0.15) is 0 Å². The van der Waals surface area contributed by atoms with E-state index in [2.05, 4.69) is 4.74 Å². The lowest BCUT2D eigenvalue weighted by molar-refractivity contribution is -0.386. The standard InChI is InChI=1S/C12H15NO5/c1-8-6-5-7-9(10(8)13(15)16)18-12(2,3)11(14)17-4/h5-7H,1-4H3. The molecule has 0 aromatic heterocycles. The molecule has 98 valence electrons. The van der Waals surface area contributed by atoms with Crippen molar-refractivity contribution in [2.24, 2.45) is 0 Å². The lowest BCUT2D eigenvalue weighted by Gasteiger charge is -2.23. The molecular weight excluding hydrogens is 238 g/mol. The Hall–Kier alpha value is -2.11. The fourth-order valence-corrected chi connectivity index (χ4v) is 1.51. The summed E-state index contributed by atoms with van der Waals surface area (Å²) in [6, 6.07) is 4.69. The molecule has 0 unspecified atom stereocenters. The minimum atomic E-state index is -1.28. The van der Waals surface area contributed by atoms with Crippen LogP contribution in [-0.4, -0.2) is 23.6 Å². The molecule has 1 rings (SSSR count). The maximum atomic E-state index is 11.5. The van der Waals surface area contributed by atoms with E-state index in [4.69, 9.17) is 4.74 Å². The molecule has 0 radical (unpaired) electrons. The number of esters is 1. The van der Waals surface area contributed by atoms with E-state index < -0.39 is 16.5 Å². The van der Waals surface area contributed by atoms with Gasteiger partial charge in [-0.3, -0.25) is 10.1 Å². The number of aryl methyl sites for hydroxylation is 1. The second-order valence-electron chi connectivity index (χ2n) is 4.28. The number of methoxy groups -OCH3 is 1. The Morgan fingerprint density at radius 2 is 2.00 bits per heavy atom. The van der Waals surface area contributed by atoms with Crippen molar-refractivity contribution in [2.45, 2.75) is 26.4 Å². The summed E-state index contributed by atoms with van der Waals surface area (Å²) >= 11 is 0. The van der Waals surface area contributed by atoms with Crippen molar-refractivity contribution in [3.05, 3.63) is 33.9 Å². The first-order valence-electron chi connectivity index (χ1n) is 5.31. The van der Waals surface area contributed by atoms with Crippen molar-refractivity contribution in [1.82, 2.24) is 0 Å². The molecule has 0 saturated heterocycles. The average molecular weight is 253 g/mol. The van der Waals surface area contributed by atoms with Gasteiger partial charge in [0.25, 0.3) is 0 Å². The molecule has 0 saturated carbocycles. The lowest BCUT2D eigenvalue weighted by atomic mass is 10.1. The van der Waals surface area contributed by atoms with E-state index in [1.807, 2.05) is 0 Å². The van der Waals surface area contributed by atoms with Crippen LogP contribution >= 0.6 is 0 Å². The molecule has 18 heavy (non-hydrogen) atoms. The lowest BCUT2D eigenvalue weighted by Crippen LogP contribution is -2.39. The fourth-order valence-electron chi connectivity index (χ4n) is 1.51.